The number of aryl methyl sites for hydroxylation is 1. The lowest BCUT2D eigenvalue weighted by Gasteiger charge is -2.13. The molecule has 0 aliphatic carbocycles. The number of hydrogen-bond acceptors (Lipinski definition) is 3. The summed E-state index contributed by atoms with van der Waals surface area (Å²) in [6.07, 6.45) is 6.93. The maximum Gasteiger partial charge on any atom is 0.152 e. The predicted octanol–water partition coefficient (Wildman–Crippen LogP) is 2.37. The highest BCUT2D eigenvalue weighted by atomic mass is 32.2. The van der Waals surface area contributed by atoms with Gasteiger partial charge in [0.05, 0.1) is 5.75 Å². The molecule has 1 atom stereocenters. The first-order chi connectivity index (χ1) is 9.02. The first kappa shape index (κ1) is 16.2. The highest BCUT2D eigenvalue weighted by Gasteiger charge is 2.12. The summed E-state index contributed by atoms with van der Waals surface area (Å²) in [5, 5.41) is 3.29. The molecule has 0 saturated heterocycles. The molecule has 1 aromatic heterocycles. The van der Waals surface area contributed by atoms with E-state index in [1.807, 2.05) is 24.7 Å². The molecule has 0 fully saturated rings. The fourth-order valence-corrected chi connectivity index (χ4v) is 3.54. The molecule has 110 valence electrons. The minimum absolute atomic E-state index is 0.229. The van der Waals surface area contributed by atoms with E-state index in [0.717, 1.165) is 12.8 Å². The number of sulfone groups is 1. The van der Waals surface area contributed by atoms with Crippen LogP contribution < -0.4 is 5.32 Å². The molecule has 1 N–H and O–H groups in total. The minimum Gasteiger partial charge on any atom is -0.353 e. The molecular weight excluding hydrogens is 260 g/mol. The summed E-state index contributed by atoms with van der Waals surface area (Å²) in [5.41, 5.74) is 1.23. The Bertz CT molecular complexity index is 466. The van der Waals surface area contributed by atoms with Gasteiger partial charge < -0.3 is 9.88 Å². The lowest BCUT2D eigenvalue weighted by molar-refractivity contribution is 0.540. The van der Waals surface area contributed by atoms with Gasteiger partial charge in [0.25, 0.3) is 0 Å². The van der Waals surface area contributed by atoms with Crippen LogP contribution in [0.15, 0.2) is 18.5 Å². The Morgan fingerprint density at radius 1 is 1.26 bits per heavy atom. The van der Waals surface area contributed by atoms with Crippen LogP contribution in [0.3, 0.4) is 0 Å². The van der Waals surface area contributed by atoms with Crippen molar-refractivity contribution in [2.75, 3.05) is 18.6 Å². The molecule has 0 bridgehead atoms. The number of nitrogens with zero attached hydrogens (tertiary/aromatic N) is 1. The van der Waals surface area contributed by atoms with E-state index >= 15 is 0 Å². The van der Waals surface area contributed by atoms with Crippen molar-refractivity contribution in [2.24, 2.45) is 0 Å². The van der Waals surface area contributed by atoms with Crippen molar-refractivity contribution < 1.29 is 8.42 Å². The van der Waals surface area contributed by atoms with Crippen molar-refractivity contribution in [3.05, 3.63) is 24.0 Å². The SMILES string of the molecule is CCCC(NC)c1ccn(CCS(=O)(=O)CCC)c1. The van der Waals surface area contributed by atoms with Gasteiger partial charge in [-0.05, 0) is 31.5 Å². The van der Waals surface area contributed by atoms with E-state index in [-0.39, 0.29) is 11.5 Å². The summed E-state index contributed by atoms with van der Waals surface area (Å²) >= 11 is 0. The topological polar surface area (TPSA) is 51.1 Å². The molecule has 4 nitrogen and oxygen atoms in total. The van der Waals surface area contributed by atoms with Crippen molar-refractivity contribution in [3.63, 3.8) is 0 Å². The Kier molecular flexibility index (Phi) is 6.58. The van der Waals surface area contributed by atoms with Gasteiger partial charge in [-0.2, -0.15) is 0 Å². The third kappa shape index (κ3) is 5.37. The van der Waals surface area contributed by atoms with E-state index in [1.165, 1.54) is 5.56 Å². The van der Waals surface area contributed by atoms with Crippen molar-refractivity contribution in [3.8, 4) is 0 Å². The lowest BCUT2D eigenvalue weighted by atomic mass is 10.1. The highest BCUT2D eigenvalue weighted by Crippen LogP contribution is 2.18. The van der Waals surface area contributed by atoms with Gasteiger partial charge >= 0.3 is 0 Å². The fraction of sp³-hybridized carbons (Fsp3) is 0.714. The maximum absolute atomic E-state index is 11.7. The van der Waals surface area contributed by atoms with Crippen molar-refractivity contribution in [1.82, 2.24) is 9.88 Å². The van der Waals surface area contributed by atoms with Crippen LogP contribution in [0.4, 0.5) is 0 Å². The minimum atomic E-state index is -2.89. The predicted molar refractivity (Wildman–Crippen MR) is 80.1 cm³/mol. The van der Waals surface area contributed by atoms with E-state index in [9.17, 15) is 8.42 Å². The monoisotopic (exact) mass is 286 g/mol. The van der Waals surface area contributed by atoms with Crippen LogP contribution in [0.1, 0.15) is 44.7 Å². The zero-order chi connectivity index (χ0) is 14.3. The van der Waals surface area contributed by atoms with Crippen LogP contribution in [0, 0.1) is 0 Å². The Morgan fingerprint density at radius 2 is 2.00 bits per heavy atom. The Labute approximate surface area is 117 Å². The Morgan fingerprint density at radius 3 is 2.58 bits per heavy atom. The molecular formula is C14H26N2O2S. The first-order valence-corrected chi connectivity index (χ1v) is 8.88. The number of nitrogens with one attached hydrogen (secondary N) is 1. The van der Waals surface area contributed by atoms with Gasteiger partial charge in [0.1, 0.15) is 0 Å². The molecule has 0 amide bonds. The van der Waals surface area contributed by atoms with Gasteiger partial charge in [-0.25, -0.2) is 8.42 Å². The zero-order valence-corrected chi connectivity index (χ0v) is 13.0. The quantitative estimate of drug-likeness (QED) is 0.758. The molecule has 1 heterocycles. The van der Waals surface area contributed by atoms with Crippen molar-refractivity contribution in [1.29, 1.82) is 0 Å². The average molecular weight is 286 g/mol. The van der Waals surface area contributed by atoms with Gasteiger partial charge in [0, 0.05) is 30.7 Å². The van der Waals surface area contributed by atoms with Crippen molar-refractivity contribution in [2.45, 2.75) is 45.7 Å². The van der Waals surface area contributed by atoms with E-state index in [2.05, 4.69) is 24.5 Å². The third-order valence-electron chi connectivity index (χ3n) is 3.28. The highest BCUT2D eigenvalue weighted by molar-refractivity contribution is 7.91. The number of hydrogen-bond donors (Lipinski definition) is 1. The Hall–Kier alpha value is -0.810. The Balaban J connectivity index is 2.60. The second-order valence-electron chi connectivity index (χ2n) is 4.96. The summed E-state index contributed by atoms with van der Waals surface area (Å²) in [5.74, 6) is 0.517. The second kappa shape index (κ2) is 7.70. The van der Waals surface area contributed by atoms with Crippen molar-refractivity contribution >= 4 is 9.84 Å². The van der Waals surface area contributed by atoms with E-state index < -0.39 is 9.84 Å². The van der Waals surface area contributed by atoms with Gasteiger partial charge in [0.2, 0.25) is 0 Å². The van der Waals surface area contributed by atoms with Gasteiger partial charge in [-0.1, -0.05) is 20.3 Å². The van der Waals surface area contributed by atoms with Gasteiger partial charge in [-0.15, -0.1) is 0 Å². The standard InChI is InChI=1S/C14H26N2O2S/c1-4-6-14(15-3)13-7-8-16(12-13)9-11-19(17,18)10-5-2/h7-8,12,14-15H,4-6,9-11H2,1-3H3. The number of aromatic nitrogens is 1. The summed E-state index contributed by atoms with van der Waals surface area (Å²) < 4.78 is 25.3. The molecule has 0 aliphatic rings. The fourth-order valence-electron chi connectivity index (χ4n) is 2.23. The van der Waals surface area contributed by atoms with E-state index in [0.29, 0.717) is 19.0 Å². The third-order valence-corrected chi connectivity index (χ3v) is 5.11. The first-order valence-electron chi connectivity index (χ1n) is 7.05. The van der Waals surface area contributed by atoms with Crippen LogP contribution >= 0.6 is 0 Å². The van der Waals surface area contributed by atoms with Crippen LogP contribution in [-0.4, -0.2) is 31.5 Å². The van der Waals surface area contributed by atoms with Gasteiger partial charge in [0.15, 0.2) is 9.84 Å². The van der Waals surface area contributed by atoms with E-state index in [1.54, 1.807) is 0 Å². The normalized spacial score (nSPS) is 13.6. The number of rotatable bonds is 9. The van der Waals surface area contributed by atoms with Gasteiger partial charge in [-0.3, -0.25) is 0 Å². The summed E-state index contributed by atoms with van der Waals surface area (Å²) in [6, 6.07) is 2.43. The van der Waals surface area contributed by atoms with Crippen LogP contribution in [-0.2, 0) is 16.4 Å². The van der Waals surface area contributed by atoms with Crippen LogP contribution in [0.5, 0.6) is 0 Å². The zero-order valence-electron chi connectivity index (χ0n) is 12.2. The molecule has 1 rings (SSSR count). The maximum atomic E-state index is 11.7. The summed E-state index contributed by atoms with van der Waals surface area (Å²) in [7, 11) is -0.931. The molecule has 0 saturated carbocycles. The molecule has 1 aromatic rings. The largest absolute Gasteiger partial charge is 0.353 e. The smallest absolute Gasteiger partial charge is 0.152 e. The summed E-state index contributed by atoms with van der Waals surface area (Å²) in [4.78, 5) is 0. The lowest BCUT2D eigenvalue weighted by Crippen LogP contribution is -2.16. The molecule has 0 radical (unpaired) electrons. The second-order valence-corrected chi connectivity index (χ2v) is 7.27. The van der Waals surface area contributed by atoms with Crippen LogP contribution in [0.2, 0.25) is 0 Å². The molecule has 5 heteroatoms. The summed E-state index contributed by atoms with van der Waals surface area (Å²) in [6.45, 7) is 4.61. The molecule has 19 heavy (non-hydrogen) atoms. The molecule has 0 aliphatic heterocycles. The van der Waals surface area contributed by atoms with Crippen LogP contribution in [0.25, 0.3) is 0 Å². The van der Waals surface area contributed by atoms with E-state index in [4.69, 9.17) is 0 Å². The molecule has 0 spiro atoms. The molecule has 1 unspecified atom stereocenters. The average Bonchev–Trinajstić information content (AvgIpc) is 2.82. The molecule has 0 aromatic carbocycles.